The second-order valence-electron chi connectivity index (χ2n) is 11.8. The molecule has 0 spiro atoms. The van der Waals surface area contributed by atoms with E-state index in [1.54, 1.807) is 0 Å². The van der Waals surface area contributed by atoms with Gasteiger partial charge in [0.25, 0.3) is 0 Å². The lowest BCUT2D eigenvalue weighted by atomic mass is 10.2. The molecule has 0 aromatic heterocycles. The van der Waals surface area contributed by atoms with Crippen LogP contribution >= 0.6 is 0 Å². The standard InChI is InChI=1S/C21H54O7Si5/c1-12-13-14-15-18-33(11,27-31(8,9)25-29(2,3)4)28-32(10,26-30(5,6)7)19-16-17-24-20-21(22)23/h21-23H,12-20H2,1-11H3. The van der Waals surface area contributed by atoms with E-state index in [0.717, 1.165) is 24.9 Å². The Labute approximate surface area is 209 Å². The molecule has 0 radical (unpaired) electrons. The second kappa shape index (κ2) is 14.5. The molecular weight excluding hydrogens is 505 g/mol. The SMILES string of the molecule is CCCCCC[Si](C)(O[Si](C)(C)O[Si](C)(C)C)O[Si](C)(CCCOCC(O)O)O[Si](C)(C)C. The van der Waals surface area contributed by atoms with Gasteiger partial charge in [-0.3, -0.25) is 0 Å². The Morgan fingerprint density at radius 1 is 0.606 bits per heavy atom. The highest BCUT2D eigenvalue weighted by Crippen LogP contribution is 2.32. The molecule has 0 fully saturated rings. The van der Waals surface area contributed by atoms with Crippen LogP contribution in [0.1, 0.15) is 39.0 Å². The zero-order valence-corrected chi connectivity index (χ0v) is 28.4. The maximum atomic E-state index is 9.01. The molecule has 2 N–H and O–H groups in total. The fourth-order valence-electron chi connectivity index (χ4n) is 4.19. The highest BCUT2D eigenvalue weighted by atomic mass is 28.5. The van der Waals surface area contributed by atoms with Crippen molar-refractivity contribution in [3.05, 3.63) is 0 Å². The van der Waals surface area contributed by atoms with Crippen LogP contribution in [0.3, 0.4) is 0 Å². The minimum atomic E-state index is -2.56. The summed E-state index contributed by atoms with van der Waals surface area (Å²) in [5, 5.41) is 18.0. The maximum Gasteiger partial charge on any atom is 0.317 e. The van der Waals surface area contributed by atoms with Crippen LogP contribution in [0.25, 0.3) is 0 Å². The van der Waals surface area contributed by atoms with Gasteiger partial charge in [-0.25, -0.2) is 0 Å². The van der Waals surface area contributed by atoms with E-state index in [9.17, 15) is 0 Å². The lowest BCUT2D eigenvalue weighted by Crippen LogP contribution is -2.60. The predicted octanol–water partition coefficient (Wildman–Crippen LogP) is 5.87. The average Bonchev–Trinajstić information content (AvgIpc) is 2.53. The predicted molar refractivity (Wildman–Crippen MR) is 149 cm³/mol. The molecule has 33 heavy (non-hydrogen) atoms. The summed E-state index contributed by atoms with van der Waals surface area (Å²) in [5.74, 6) is 0. The van der Waals surface area contributed by atoms with Crippen molar-refractivity contribution >= 4 is 42.3 Å². The van der Waals surface area contributed by atoms with Crippen molar-refractivity contribution in [1.29, 1.82) is 0 Å². The van der Waals surface area contributed by atoms with Crippen LogP contribution in [0, 0.1) is 0 Å². The number of aliphatic hydroxyl groups is 2. The van der Waals surface area contributed by atoms with Gasteiger partial charge in [0, 0.05) is 6.61 Å². The van der Waals surface area contributed by atoms with E-state index < -0.39 is 48.6 Å². The molecule has 0 heterocycles. The van der Waals surface area contributed by atoms with E-state index in [4.69, 9.17) is 31.4 Å². The summed E-state index contributed by atoms with van der Waals surface area (Å²) in [7, 11) is -11.1. The van der Waals surface area contributed by atoms with E-state index >= 15 is 0 Å². The van der Waals surface area contributed by atoms with E-state index in [2.05, 4.69) is 72.4 Å². The fourth-order valence-corrected chi connectivity index (χ4v) is 28.0. The van der Waals surface area contributed by atoms with Gasteiger partial charge < -0.3 is 31.4 Å². The van der Waals surface area contributed by atoms with Crippen molar-refractivity contribution in [2.75, 3.05) is 13.2 Å². The van der Waals surface area contributed by atoms with Gasteiger partial charge >= 0.3 is 25.7 Å². The molecule has 2 unspecified atom stereocenters. The highest BCUT2D eigenvalue weighted by Gasteiger charge is 2.48. The number of ether oxygens (including phenoxy) is 1. The summed E-state index contributed by atoms with van der Waals surface area (Å²) in [6.07, 6.45) is 4.04. The Morgan fingerprint density at radius 2 is 1.12 bits per heavy atom. The lowest BCUT2D eigenvalue weighted by Gasteiger charge is -2.44. The largest absolute Gasteiger partial charge is 0.437 e. The summed E-state index contributed by atoms with van der Waals surface area (Å²) >= 11 is 0. The summed E-state index contributed by atoms with van der Waals surface area (Å²) in [6.45, 7) is 24.5. The molecule has 7 nitrogen and oxygen atoms in total. The summed E-state index contributed by atoms with van der Waals surface area (Å²) in [5.41, 5.74) is 0. The molecule has 0 aromatic rings. The Morgan fingerprint density at radius 3 is 1.61 bits per heavy atom. The van der Waals surface area contributed by atoms with Crippen LogP contribution in [0.4, 0.5) is 0 Å². The first-order valence-corrected chi connectivity index (χ1v) is 27.2. The van der Waals surface area contributed by atoms with Gasteiger partial charge in [-0.2, -0.15) is 0 Å². The maximum absolute atomic E-state index is 9.01. The summed E-state index contributed by atoms with van der Waals surface area (Å²) in [4.78, 5) is 0. The third kappa shape index (κ3) is 18.7. The molecule has 200 valence electrons. The smallest absolute Gasteiger partial charge is 0.317 e. The summed E-state index contributed by atoms with van der Waals surface area (Å²) in [6, 6.07) is 1.74. The zero-order valence-electron chi connectivity index (χ0n) is 23.4. The molecule has 0 saturated carbocycles. The number of unbranched alkanes of at least 4 members (excludes halogenated alkanes) is 3. The van der Waals surface area contributed by atoms with Gasteiger partial charge in [-0.1, -0.05) is 32.6 Å². The van der Waals surface area contributed by atoms with Crippen LogP contribution < -0.4 is 0 Å². The first-order chi connectivity index (χ1) is 14.8. The number of hydrogen-bond donors (Lipinski definition) is 2. The molecule has 2 atom stereocenters. The average molecular weight is 559 g/mol. The Kier molecular flexibility index (Phi) is 14.9. The molecule has 0 amide bonds. The van der Waals surface area contributed by atoms with E-state index in [1.165, 1.54) is 19.3 Å². The van der Waals surface area contributed by atoms with Crippen molar-refractivity contribution in [2.45, 2.75) is 123 Å². The Hall–Kier alpha value is 0.804. The van der Waals surface area contributed by atoms with E-state index in [1.807, 2.05) is 0 Å². The first-order valence-electron chi connectivity index (χ1n) is 12.5. The Balaban J connectivity index is 5.59. The van der Waals surface area contributed by atoms with Crippen molar-refractivity contribution < 1.29 is 31.4 Å². The van der Waals surface area contributed by atoms with Crippen LogP contribution in [-0.2, 0) is 21.2 Å². The van der Waals surface area contributed by atoms with Gasteiger partial charge in [0.1, 0.15) is 0 Å². The molecule has 0 saturated heterocycles. The number of rotatable bonds is 19. The first kappa shape index (κ1) is 33.8. The van der Waals surface area contributed by atoms with Crippen molar-refractivity contribution in [3.8, 4) is 0 Å². The lowest BCUT2D eigenvalue weighted by molar-refractivity contribution is -0.0945. The molecule has 0 aliphatic heterocycles. The number of aliphatic hydroxyl groups excluding tert-OH is 1. The van der Waals surface area contributed by atoms with Gasteiger partial charge in [0.05, 0.1) is 6.61 Å². The van der Waals surface area contributed by atoms with Gasteiger partial charge in [0.15, 0.2) is 22.9 Å². The fraction of sp³-hybridized carbons (Fsp3) is 1.00. The molecule has 0 bridgehead atoms. The quantitative estimate of drug-likeness (QED) is 0.116. The molecule has 0 aromatic carbocycles. The van der Waals surface area contributed by atoms with Gasteiger partial charge in [0.2, 0.25) is 0 Å². The second-order valence-corrected chi connectivity index (χ2v) is 31.8. The van der Waals surface area contributed by atoms with Gasteiger partial charge in [-0.15, -0.1) is 0 Å². The topological polar surface area (TPSA) is 86.6 Å². The monoisotopic (exact) mass is 558 g/mol. The van der Waals surface area contributed by atoms with Crippen LogP contribution in [0.2, 0.25) is 77.6 Å². The third-order valence-electron chi connectivity index (χ3n) is 4.64. The summed E-state index contributed by atoms with van der Waals surface area (Å²) < 4.78 is 32.6. The molecule has 0 rings (SSSR count). The number of hydrogen-bond acceptors (Lipinski definition) is 7. The van der Waals surface area contributed by atoms with Crippen LogP contribution in [0.5, 0.6) is 0 Å². The minimum absolute atomic E-state index is 0.0746. The van der Waals surface area contributed by atoms with Crippen LogP contribution in [-0.4, -0.2) is 72.0 Å². The highest BCUT2D eigenvalue weighted by molar-refractivity contribution is 6.90. The normalized spacial score (nSPS) is 17.3. The minimum Gasteiger partial charge on any atom is -0.437 e. The van der Waals surface area contributed by atoms with Crippen LogP contribution in [0.15, 0.2) is 0 Å². The van der Waals surface area contributed by atoms with Crippen molar-refractivity contribution in [2.24, 2.45) is 0 Å². The van der Waals surface area contributed by atoms with Crippen molar-refractivity contribution in [1.82, 2.24) is 0 Å². The Bertz CT molecular complexity index is 540. The molecular formula is C21H54O7Si5. The van der Waals surface area contributed by atoms with Gasteiger partial charge in [-0.05, 0) is 84.0 Å². The van der Waals surface area contributed by atoms with E-state index in [0.29, 0.717) is 6.61 Å². The molecule has 0 aliphatic rings. The van der Waals surface area contributed by atoms with E-state index in [-0.39, 0.29) is 6.61 Å². The molecule has 0 aliphatic carbocycles. The van der Waals surface area contributed by atoms with Crippen molar-refractivity contribution in [3.63, 3.8) is 0 Å². The third-order valence-corrected chi connectivity index (χ3v) is 22.9. The zero-order chi connectivity index (χ0) is 26.0. The molecule has 12 heteroatoms.